The number of amides is 1. The lowest BCUT2D eigenvalue weighted by molar-refractivity contribution is -0.121. The van der Waals surface area contributed by atoms with Crippen molar-refractivity contribution < 1.29 is 13.9 Å². The molecule has 1 atom stereocenters. The van der Waals surface area contributed by atoms with Crippen LogP contribution in [0.25, 0.3) is 0 Å². The van der Waals surface area contributed by atoms with Crippen LogP contribution in [-0.4, -0.2) is 37.6 Å². The highest BCUT2D eigenvalue weighted by Crippen LogP contribution is 2.16. The van der Waals surface area contributed by atoms with E-state index in [1.807, 2.05) is 44.2 Å². The van der Waals surface area contributed by atoms with E-state index in [0.717, 1.165) is 5.56 Å². The Hall–Kier alpha value is -2.36. The Bertz CT molecular complexity index is 790. The molecular weight excluding hydrogens is 498 g/mol. The van der Waals surface area contributed by atoms with Crippen molar-refractivity contribution in [1.29, 1.82) is 0 Å². The summed E-state index contributed by atoms with van der Waals surface area (Å²) in [6.07, 6.45) is 0.0370. The lowest BCUT2D eigenvalue weighted by Crippen LogP contribution is -2.40. The number of carbonyl (C=O) groups excluding carboxylic acids is 1. The molecule has 0 radical (unpaired) electrons. The first-order valence-electron chi connectivity index (χ1n) is 9.82. The largest absolute Gasteiger partial charge is 0.486 e. The third-order valence-corrected chi connectivity index (χ3v) is 3.99. The first kappa shape index (κ1) is 25.7. The van der Waals surface area contributed by atoms with E-state index < -0.39 is 5.82 Å². The van der Waals surface area contributed by atoms with Gasteiger partial charge in [-0.05, 0) is 31.5 Å². The zero-order chi connectivity index (χ0) is 20.9. The van der Waals surface area contributed by atoms with E-state index in [2.05, 4.69) is 20.9 Å². The van der Waals surface area contributed by atoms with Crippen molar-refractivity contribution >= 4 is 35.8 Å². The van der Waals surface area contributed by atoms with E-state index in [1.54, 1.807) is 18.2 Å². The standard InChI is InChI=1S/C22H29FN4O2.HI/c1-3-24-22(27-15-17(2)29-20-12-8-7-11-19(20)23)25-14-13-21(28)26-16-18-9-5-4-6-10-18;/h4-12,17H,3,13-16H2,1-2H3,(H,26,28)(H2,24,25,27);1H. The minimum absolute atomic E-state index is 0. The number of nitrogens with one attached hydrogen (secondary N) is 3. The number of carbonyl (C=O) groups is 1. The first-order chi connectivity index (χ1) is 14.1. The third kappa shape index (κ3) is 9.91. The minimum Gasteiger partial charge on any atom is -0.486 e. The highest BCUT2D eigenvalue weighted by Gasteiger charge is 2.08. The molecule has 0 aliphatic rings. The second kappa shape index (κ2) is 14.6. The second-order valence-corrected chi connectivity index (χ2v) is 6.52. The summed E-state index contributed by atoms with van der Waals surface area (Å²) in [7, 11) is 0. The van der Waals surface area contributed by atoms with Crippen LogP contribution in [0, 0.1) is 5.82 Å². The Morgan fingerprint density at radius 1 is 1.07 bits per heavy atom. The van der Waals surface area contributed by atoms with Gasteiger partial charge in [0, 0.05) is 26.1 Å². The van der Waals surface area contributed by atoms with Crippen molar-refractivity contribution in [2.75, 3.05) is 19.6 Å². The maximum absolute atomic E-state index is 13.7. The number of ether oxygens (including phenoxy) is 1. The van der Waals surface area contributed by atoms with Gasteiger partial charge < -0.3 is 20.7 Å². The van der Waals surface area contributed by atoms with Gasteiger partial charge in [0.15, 0.2) is 17.5 Å². The van der Waals surface area contributed by atoms with Crippen LogP contribution < -0.4 is 20.7 Å². The summed E-state index contributed by atoms with van der Waals surface area (Å²) in [6.45, 7) is 5.80. The monoisotopic (exact) mass is 528 g/mol. The summed E-state index contributed by atoms with van der Waals surface area (Å²) < 4.78 is 19.2. The van der Waals surface area contributed by atoms with E-state index in [4.69, 9.17) is 4.74 Å². The molecule has 0 spiro atoms. The number of para-hydroxylation sites is 1. The normalized spacial score (nSPS) is 11.8. The van der Waals surface area contributed by atoms with E-state index in [-0.39, 0.29) is 41.7 Å². The number of rotatable bonds is 10. The maximum Gasteiger partial charge on any atom is 0.222 e. The van der Waals surface area contributed by atoms with E-state index in [9.17, 15) is 9.18 Å². The molecule has 0 heterocycles. The zero-order valence-corrected chi connectivity index (χ0v) is 19.7. The fourth-order valence-electron chi connectivity index (χ4n) is 2.54. The van der Waals surface area contributed by atoms with Gasteiger partial charge in [-0.1, -0.05) is 42.5 Å². The average Bonchev–Trinajstić information content (AvgIpc) is 2.73. The van der Waals surface area contributed by atoms with Gasteiger partial charge >= 0.3 is 0 Å². The zero-order valence-electron chi connectivity index (χ0n) is 17.4. The van der Waals surface area contributed by atoms with E-state index in [0.29, 0.717) is 38.6 Å². The summed E-state index contributed by atoms with van der Waals surface area (Å²) in [4.78, 5) is 16.4. The Kier molecular flexibility index (Phi) is 12.5. The molecule has 8 heteroatoms. The predicted molar refractivity (Wildman–Crippen MR) is 129 cm³/mol. The molecule has 164 valence electrons. The molecule has 0 saturated heterocycles. The van der Waals surface area contributed by atoms with Gasteiger partial charge in [-0.15, -0.1) is 24.0 Å². The quantitative estimate of drug-likeness (QED) is 0.251. The Morgan fingerprint density at radius 2 is 1.77 bits per heavy atom. The number of nitrogens with zero attached hydrogens (tertiary/aromatic N) is 1. The molecule has 0 aliphatic heterocycles. The molecule has 0 fully saturated rings. The van der Waals surface area contributed by atoms with Crippen LogP contribution in [0.4, 0.5) is 4.39 Å². The molecule has 0 saturated carbocycles. The molecule has 0 bridgehead atoms. The van der Waals surface area contributed by atoms with Gasteiger partial charge in [-0.2, -0.15) is 0 Å². The highest BCUT2D eigenvalue weighted by molar-refractivity contribution is 14.0. The smallest absolute Gasteiger partial charge is 0.222 e. The van der Waals surface area contributed by atoms with Crippen LogP contribution in [0.1, 0.15) is 25.8 Å². The summed E-state index contributed by atoms with van der Waals surface area (Å²) in [5.74, 6) is 0.374. The van der Waals surface area contributed by atoms with Crippen LogP contribution in [0.2, 0.25) is 0 Å². The van der Waals surface area contributed by atoms with Gasteiger partial charge in [0.2, 0.25) is 5.91 Å². The van der Waals surface area contributed by atoms with Crippen molar-refractivity contribution in [3.63, 3.8) is 0 Å². The third-order valence-electron chi connectivity index (χ3n) is 3.99. The van der Waals surface area contributed by atoms with Crippen molar-refractivity contribution in [3.05, 3.63) is 66.0 Å². The Morgan fingerprint density at radius 3 is 2.47 bits per heavy atom. The van der Waals surface area contributed by atoms with Gasteiger partial charge in [-0.3, -0.25) is 4.79 Å². The van der Waals surface area contributed by atoms with Gasteiger partial charge in [0.05, 0.1) is 6.54 Å². The van der Waals surface area contributed by atoms with Gasteiger partial charge in [0.1, 0.15) is 6.10 Å². The van der Waals surface area contributed by atoms with Crippen molar-refractivity contribution in [3.8, 4) is 5.75 Å². The number of hydrogen-bond donors (Lipinski definition) is 3. The van der Waals surface area contributed by atoms with Crippen molar-refractivity contribution in [2.45, 2.75) is 32.9 Å². The molecule has 2 aromatic carbocycles. The van der Waals surface area contributed by atoms with Crippen LogP contribution in [0.5, 0.6) is 5.75 Å². The highest BCUT2D eigenvalue weighted by atomic mass is 127. The van der Waals surface area contributed by atoms with Gasteiger partial charge in [0.25, 0.3) is 0 Å². The number of guanidine groups is 1. The maximum atomic E-state index is 13.7. The first-order valence-corrected chi connectivity index (χ1v) is 9.82. The minimum atomic E-state index is -0.394. The summed E-state index contributed by atoms with van der Waals surface area (Å²) >= 11 is 0. The fourth-order valence-corrected chi connectivity index (χ4v) is 2.54. The number of aliphatic imine (C=N–C) groups is 1. The Labute approximate surface area is 194 Å². The van der Waals surface area contributed by atoms with Crippen LogP contribution in [0.15, 0.2) is 59.6 Å². The van der Waals surface area contributed by atoms with Crippen molar-refractivity contribution in [2.24, 2.45) is 4.99 Å². The number of halogens is 2. The molecule has 6 nitrogen and oxygen atoms in total. The SMILES string of the molecule is CCNC(=NCC(C)Oc1ccccc1F)NCCC(=O)NCc1ccccc1.I. The van der Waals surface area contributed by atoms with Crippen molar-refractivity contribution in [1.82, 2.24) is 16.0 Å². The van der Waals surface area contributed by atoms with Crippen LogP contribution in [0.3, 0.4) is 0 Å². The molecule has 30 heavy (non-hydrogen) atoms. The molecule has 0 aliphatic carbocycles. The predicted octanol–water partition coefficient (Wildman–Crippen LogP) is 3.47. The lowest BCUT2D eigenvalue weighted by Gasteiger charge is -2.15. The number of benzene rings is 2. The van der Waals surface area contributed by atoms with Gasteiger partial charge in [-0.25, -0.2) is 9.38 Å². The molecule has 1 amide bonds. The second-order valence-electron chi connectivity index (χ2n) is 6.52. The molecular formula is C22H30FIN4O2. The summed E-state index contributed by atoms with van der Waals surface area (Å²) in [6, 6.07) is 16.1. The van der Waals surface area contributed by atoms with Crippen LogP contribution >= 0.6 is 24.0 Å². The molecule has 0 aromatic heterocycles. The lowest BCUT2D eigenvalue weighted by atomic mass is 10.2. The topological polar surface area (TPSA) is 74.8 Å². The average molecular weight is 528 g/mol. The Balaban J connectivity index is 0.00000450. The molecule has 3 N–H and O–H groups in total. The summed E-state index contributed by atoms with van der Waals surface area (Å²) in [5.41, 5.74) is 1.06. The van der Waals surface area contributed by atoms with Crippen LogP contribution in [-0.2, 0) is 11.3 Å². The molecule has 2 aromatic rings. The molecule has 2 rings (SSSR count). The van der Waals surface area contributed by atoms with E-state index >= 15 is 0 Å². The summed E-state index contributed by atoms with van der Waals surface area (Å²) in [5, 5.41) is 9.14. The number of hydrogen-bond acceptors (Lipinski definition) is 3. The molecule has 1 unspecified atom stereocenters. The fraction of sp³-hybridized carbons (Fsp3) is 0.364. The van der Waals surface area contributed by atoms with E-state index in [1.165, 1.54) is 6.07 Å².